The molecule has 12 heteroatoms. The van der Waals surface area contributed by atoms with Crippen LogP contribution in [0.5, 0.6) is 0 Å². The molecule has 6 heterocycles. The van der Waals surface area contributed by atoms with Crippen molar-refractivity contribution in [3.8, 4) is 45.0 Å². The van der Waals surface area contributed by atoms with E-state index in [4.69, 9.17) is 19.9 Å². The highest BCUT2D eigenvalue weighted by Crippen LogP contribution is 2.47. The van der Waals surface area contributed by atoms with Crippen molar-refractivity contribution in [1.29, 1.82) is 0 Å². The predicted molar refractivity (Wildman–Crippen MR) is 222 cm³/mol. The lowest BCUT2D eigenvalue weighted by atomic mass is 9.72. The summed E-state index contributed by atoms with van der Waals surface area (Å²) in [5.74, 6) is -7.86. The number of fused-ring (bicyclic) bond motifs is 24. The van der Waals surface area contributed by atoms with Gasteiger partial charge in [-0.05, 0) is 95.1 Å². The second-order valence-corrected chi connectivity index (χ2v) is 16.9. The molecule has 0 aliphatic carbocycles. The van der Waals surface area contributed by atoms with E-state index in [9.17, 15) is 0 Å². The summed E-state index contributed by atoms with van der Waals surface area (Å²) in [6.45, 7) is 6.15. The highest BCUT2D eigenvalue weighted by Gasteiger charge is 2.46. The number of benzene rings is 4. The zero-order valence-corrected chi connectivity index (χ0v) is 33.9. The molecule has 63 heavy (non-hydrogen) atoms. The summed E-state index contributed by atoms with van der Waals surface area (Å²) in [7, 11) is 0. The van der Waals surface area contributed by atoms with Crippen LogP contribution in [0.15, 0.2) is 121 Å². The van der Waals surface area contributed by atoms with E-state index in [-0.39, 0.29) is 90.1 Å². The standard InChI is InChI=1S/C51H32F8N4/c1-49(2)29-17-25(33(52)21-37(29)56)41-9-5-13-45(60-41)51(46-14-6-10-42(61-46)26-18-30(49)38(57)22-34(26)53)47-15-7-11-43(62-47)27-19-31(39(58)23-35(27)54)50(3,4)32-20-28(36(55)24-40(32)59)44-12-8-16-48(51)63-44/h5-24H,1-4H3. The van der Waals surface area contributed by atoms with Gasteiger partial charge >= 0.3 is 0 Å². The summed E-state index contributed by atoms with van der Waals surface area (Å²) in [4.78, 5) is 20.1. The van der Waals surface area contributed by atoms with Crippen LogP contribution in [0, 0.1) is 46.5 Å². The molecule has 0 saturated heterocycles. The van der Waals surface area contributed by atoms with Crippen LogP contribution < -0.4 is 0 Å². The zero-order valence-electron chi connectivity index (χ0n) is 33.9. The Morgan fingerprint density at radius 3 is 0.746 bits per heavy atom. The first kappa shape index (κ1) is 40.0. The van der Waals surface area contributed by atoms with E-state index in [0.29, 0.717) is 24.3 Å². The van der Waals surface area contributed by atoms with Gasteiger partial charge in [-0.3, -0.25) is 19.9 Å². The van der Waals surface area contributed by atoms with E-state index in [2.05, 4.69) is 0 Å². The Bertz CT molecular complexity index is 2820. The average Bonchev–Trinajstić information content (AvgIpc) is 3.23. The van der Waals surface area contributed by atoms with E-state index >= 15 is 35.1 Å². The number of aromatic nitrogens is 4. The van der Waals surface area contributed by atoms with Crippen molar-refractivity contribution >= 4 is 0 Å². The van der Waals surface area contributed by atoms with Crippen molar-refractivity contribution in [2.45, 2.75) is 43.9 Å². The zero-order chi connectivity index (χ0) is 44.3. The lowest BCUT2D eigenvalue weighted by Crippen LogP contribution is -2.35. The highest BCUT2D eigenvalue weighted by atomic mass is 19.2. The first-order valence-electron chi connectivity index (χ1n) is 19.9. The van der Waals surface area contributed by atoms with Gasteiger partial charge in [0.1, 0.15) is 52.0 Å². The summed E-state index contributed by atoms with van der Waals surface area (Å²) in [6, 6.07) is 26.4. The number of nitrogens with zero attached hydrogens (tertiary/aromatic N) is 4. The van der Waals surface area contributed by atoms with Crippen LogP contribution in [-0.4, -0.2) is 19.9 Å². The van der Waals surface area contributed by atoms with Gasteiger partial charge in [0.25, 0.3) is 0 Å². The van der Waals surface area contributed by atoms with Crippen molar-refractivity contribution in [1.82, 2.24) is 19.9 Å². The van der Waals surface area contributed by atoms with Gasteiger partial charge in [-0.25, -0.2) is 35.1 Å². The van der Waals surface area contributed by atoms with Gasteiger partial charge in [-0.1, -0.05) is 52.0 Å². The van der Waals surface area contributed by atoms with Gasteiger partial charge in [-0.2, -0.15) is 0 Å². The predicted octanol–water partition coefficient (Wildman–Crippen LogP) is 12.7. The quantitative estimate of drug-likeness (QED) is 0.143. The Kier molecular flexibility index (Phi) is 8.87. The normalized spacial score (nSPS) is 15.0. The number of rotatable bonds is 0. The Hall–Kier alpha value is -7.08. The maximum atomic E-state index is 16.2. The van der Waals surface area contributed by atoms with Crippen molar-refractivity contribution in [2.75, 3.05) is 0 Å². The van der Waals surface area contributed by atoms with Gasteiger partial charge in [0, 0.05) is 57.3 Å². The lowest BCUT2D eigenvalue weighted by Gasteiger charge is -2.34. The van der Waals surface area contributed by atoms with Crippen LogP contribution in [-0.2, 0) is 16.2 Å². The third-order valence-corrected chi connectivity index (χ3v) is 12.6. The van der Waals surface area contributed by atoms with Gasteiger partial charge < -0.3 is 0 Å². The average molecular weight is 853 g/mol. The minimum absolute atomic E-state index is 0.00675. The van der Waals surface area contributed by atoms with Crippen LogP contribution in [0.3, 0.4) is 0 Å². The molecule has 0 radical (unpaired) electrons. The smallest absolute Gasteiger partial charge is 0.138 e. The minimum Gasteiger partial charge on any atom is -0.251 e. The Labute approximate surface area is 356 Å². The molecule has 4 aromatic carbocycles. The van der Waals surface area contributed by atoms with Gasteiger partial charge in [0.2, 0.25) is 0 Å². The molecule has 312 valence electrons. The minimum atomic E-state index is -1.93. The fraction of sp³-hybridized carbons (Fsp3) is 0.137. The number of hydrogen-bond acceptors (Lipinski definition) is 4. The molecule has 0 amide bonds. The second kappa shape index (κ2) is 14.0. The SMILES string of the molecule is CC1(C)c2cc(c(F)cc2F)-c2cccc(n2)C2(c3cccc(n3)-c3cc1c(F)cc3F)c1cccc(n1)-c1cc(c(F)cc1F)C(C)(C)c1cc(c(F)cc1F)-c1cccc2n1. The van der Waals surface area contributed by atoms with E-state index in [1.165, 1.54) is 76.2 Å². The molecule has 8 aromatic rings. The van der Waals surface area contributed by atoms with E-state index in [0.717, 1.165) is 0 Å². The number of pyridine rings is 4. The summed E-state index contributed by atoms with van der Waals surface area (Å²) < 4.78 is 129. The van der Waals surface area contributed by atoms with Crippen LogP contribution in [0.2, 0.25) is 0 Å². The van der Waals surface area contributed by atoms with Gasteiger partial charge in [-0.15, -0.1) is 0 Å². The number of hydrogen-bond donors (Lipinski definition) is 0. The van der Waals surface area contributed by atoms with Crippen molar-refractivity contribution in [3.63, 3.8) is 0 Å². The van der Waals surface area contributed by atoms with Crippen LogP contribution in [0.4, 0.5) is 35.1 Å². The molecule has 2 aliphatic rings. The van der Waals surface area contributed by atoms with Crippen molar-refractivity contribution < 1.29 is 35.1 Å². The molecular weight excluding hydrogens is 821 g/mol. The first-order valence-corrected chi connectivity index (χ1v) is 19.9. The largest absolute Gasteiger partial charge is 0.251 e. The molecule has 16 bridgehead atoms. The Morgan fingerprint density at radius 2 is 0.524 bits per heavy atom. The topological polar surface area (TPSA) is 51.6 Å². The maximum absolute atomic E-state index is 16.2. The fourth-order valence-corrected chi connectivity index (χ4v) is 9.15. The highest BCUT2D eigenvalue weighted by molar-refractivity contribution is 5.71. The molecule has 0 atom stereocenters. The first-order chi connectivity index (χ1) is 30.0. The molecule has 1 spiro atoms. The molecule has 2 aliphatic heterocycles. The van der Waals surface area contributed by atoms with Crippen LogP contribution in [0.1, 0.15) is 72.7 Å². The van der Waals surface area contributed by atoms with Crippen molar-refractivity contribution in [2.24, 2.45) is 0 Å². The van der Waals surface area contributed by atoms with Gasteiger partial charge in [0.05, 0.1) is 45.6 Å². The van der Waals surface area contributed by atoms with E-state index < -0.39 is 62.8 Å². The van der Waals surface area contributed by atoms with Crippen molar-refractivity contribution in [3.05, 3.63) is 213 Å². The molecular formula is C51H32F8N4. The van der Waals surface area contributed by atoms with Crippen LogP contribution in [0.25, 0.3) is 45.0 Å². The third-order valence-electron chi connectivity index (χ3n) is 12.6. The Balaban J connectivity index is 1.41. The third kappa shape index (κ3) is 5.94. The summed E-state index contributed by atoms with van der Waals surface area (Å²) >= 11 is 0. The van der Waals surface area contributed by atoms with Gasteiger partial charge in [0.15, 0.2) is 0 Å². The maximum Gasteiger partial charge on any atom is 0.138 e. The molecule has 4 nitrogen and oxygen atoms in total. The summed E-state index contributed by atoms with van der Waals surface area (Å²) in [6.07, 6.45) is 0. The molecule has 10 rings (SSSR count). The lowest BCUT2D eigenvalue weighted by molar-refractivity contribution is 0.501. The Morgan fingerprint density at radius 1 is 0.302 bits per heavy atom. The summed E-state index contributed by atoms with van der Waals surface area (Å²) in [5.41, 5.74) is -5.58. The molecule has 0 saturated carbocycles. The monoisotopic (exact) mass is 852 g/mol. The second-order valence-electron chi connectivity index (χ2n) is 16.9. The molecule has 0 unspecified atom stereocenters. The summed E-state index contributed by atoms with van der Waals surface area (Å²) in [5, 5.41) is 0. The molecule has 4 aromatic heterocycles. The molecule has 0 fully saturated rings. The van der Waals surface area contributed by atoms with E-state index in [1.54, 1.807) is 48.5 Å². The number of halogens is 8. The van der Waals surface area contributed by atoms with Crippen LogP contribution >= 0.6 is 0 Å². The van der Waals surface area contributed by atoms with E-state index in [1.807, 2.05) is 0 Å². The fourth-order valence-electron chi connectivity index (χ4n) is 9.15. The molecule has 0 N–H and O–H groups in total.